The Labute approximate surface area is 182 Å². The highest BCUT2D eigenvalue weighted by Gasteiger charge is 2.24. The molecule has 0 unspecified atom stereocenters. The van der Waals surface area contributed by atoms with Gasteiger partial charge in [0.05, 0.1) is 12.2 Å². The summed E-state index contributed by atoms with van der Waals surface area (Å²) in [5.74, 6) is 1.21. The van der Waals surface area contributed by atoms with Gasteiger partial charge in [0, 0.05) is 22.6 Å². The number of fused-ring (bicyclic) bond motifs is 1. The van der Waals surface area contributed by atoms with E-state index in [0.29, 0.717) is 34.5 Å². The second-order valence-electron chi connectivity index (χ2n) is 7.96. The molecule has 0 fully saturated rings. The van der Waals surface area contributed by atoms with Crippen LogP contribution >= 0.6 is 0 Å². The van der Waals surface area contributed by atoms with Gasteiger partial charge in [-0.15, -0.1) is 0 Å². The van der Waals surface area contributed by atoms with Crippen molar-refractivity contribution in [3.63, 3.8) is 0 Å². The van der Waals surface area contributed by atoms with Crippen molar-refractivity contribution >= 4 is 16.8 Å². The average Bonchev–Trinajstić information content (AvgIpc) is 3.11. The first kappa shape index (κ1) is 20.7. The van der Waals surface area contributed by atoms with Crippen molar-refractivity contribution < 1.29 is 19.1 Å². The fraction of sp³-hybridized carbons (Fsp3) is 0.222. The number of aryl methyl sites for hydroxylation is 3. The molecule has 3 aromatic carbocycles. The normalized spacial score (nSPS) is 11.1. The summed E-state index contributed by atoms with van der Waals surface area (Å²) in [6, 6.07) is 14.5. The third kappa shape index (κ3) is 3.70. The predicted octanol–water partition coefficient (Wildman–Crippen LogP) is 6.67. The lowest BCUT2D eigenvalue weighted by Crippen LogP contribution is -2.04. The molecule has 0 aliphatic rings. The van der Waals surface area contributed by atoms with Crippen LogP contribution in [0.25, 0.3) is 22.3 Å². The Morgan fingerprint density at radius 1 is 0.935 bits per heavy atom. The molecule has 0 bridgehead atoms. The number of aromatic hydroxyl groups is 1. The molecule has 0 aliphatic heterocycles. The second kappa shape index (κ2) is 7.95. The lowest BCUT2D eigenvalue weighted by molar-refractivity contribution is 0.104. The molecule has 31 heavy (non-hydrogen) atoms. The van der Waals surface area contributed by atoms with Gasteiger partial charge in [-0.1, -0.05) is 12.1 Å². The molecule has 1 heterocycles. The highest BCUT2D eigenvalue weighted by Crippen LogP contribution is 2.38. The molecule has 0 spiro atoms. The van der Waals surface area contributed by atoms with Gasteiger partial charge in [-0.25, -0.2) is 0 Å². The van der Waals surface area contributed by atoms with Crippen molar-refractivity contribution in [3.05, 3.63) is 81.9 Å². The molecule has 0 saturated carbocycles. The lowest BCUT2D eigenvalue weighted by Gasteiger charge is -2.11. The minimum atomic E-state index is -0.107. The van der Waals surface area contributed by atoms with Crippen LogP contribution in [0.4, 0.5) is 0 Å². The average molecular weight is 415 g/mol. The van der Waals surface area contributed by atoms with E-state index in [-0.39, 0.29) is 11.5 Å². The lowest BCUT2D eigenvalue weighted by atomic mass is 9.93. The van der Waals surface area contributed by atoms with Gasteiger partial charge < -0.3 is 14.3 Å². The fourth-order valence-corrected chi connectivity index (χ4v) is 3.88. The monoisotopic (exact) mass is 414 g/mol. The first-order chi connectivity index (χ1) is 14.8. The first-order valence-corrected chi connectivity index (χ1v) is 10.4. The van der Waals surface area contributed by atoms with Gasteiger partial charge in [-0.3, -0.25) is 4.79 Å². The molecule has 0 radical (unpaired) electrons. The Kier molecular flexibility index (Phi) is 5.32. The molecule has 0 atom stereocenters. The van der Waals surface area contributed by atoms with Crippen LogP contribution in [0.2, 0.25) is 0 Å². The summed E-state index contributed by atoms with van der Waals surface area (Å²) in [5.41, 5.74) is 6.68. The van der Waals surface area contributed by atoms with Gasteiger partial charge in [0.15, 0.2) is 5.78 Å². The molecule has 4 heteroatoms. The summed E-state index contributed by atoms with van der Waals surface area (Å²) in [4.78, 5) is 13.7. The van der Waals surface area contributed by atoms with E-state index in [1.807, 2.05) is 58.0 Å². The Morgan fingerprint density at radius 3 is 2.32 bits per heavy atom. The SMILES string of the molecule is CCOc1cc(-c2oc3cc(O)ccc3c2C(=O)c2cc(C)c(C)c(C)c2)ccc1C. The van der Waals surface area contributed by atoms with Crippen LogP contribution in [-0.2, 0) is 0 Å². The molecular formula is C27H26O4. The maximum Gasteiger partial charge on any atom is 0.197 e. The number of rotatable bonds is 5. The summed E-state index contributed by atoms with van der Waals surface area (Å²) in [7, 11) is 0. The number of furan rings is 1. The molecule has 4 aromatic rings. The molecule has 1 N–H and O–H groups in total. The Bertz CT molecular complexity index is 1290. The van der Waals surface area contributed by atoms with Crippen molar-refractivity contribution in [1.82, 2.24) is 0 Å². The van der Waals surface area contributed by atoms with Crippen molar-refractivity contribution in [2.24, 2.45) is 0 Å². The number of hydrogen-bond acceptors (Lipinski definition) is 4. The molecule has 158 valence electrons. The van der Waals surface area contributed by atoms with Crippen LogP contribution in [0.5, 0.6) is 11.5 Å². The van der Waals surface area contributed by atoms with Crippen LogP contribution in [0.1, 0.15) is 45.1 Å². The number of ether oxygens (including phenoxy) is 1. The molecule has 1 aromatic heterocycles. The van der Waals surface area contributed by atoms with Crippen LogP contribution in [0.3, 0.4) is 0 Å². The highest BCUT2D eigenvalue weighted by molar-refractivity contribution is 6.19. The topological polar surface area (TPSA) is 59.7 Å². The Balaban J connectivity index is 1.96. The van der Waals surface area contributed by atoms with Crippen LogP contribution in [0, 0.1) is 27.7 Å². The Hall–Kier alpha value is -3.53. The molecule has 0 aliphatic carbocycles. The zero-order chi connectivity index (χ0) is 22.3. The fourth-order valence-electron chi connectivity index (χ4n) is 3.88. The number of carbonyl (C=O) groups excluding carboxylic acids is 1. The van der Waals surface area contributed by atoms with E-state index in [1.54, 1.807) is 18.2 Å². The zero-order valence-corrected chi connectivity index (χ0v) is 18.5. The van der Waals surface area contributed by atoms with E-state index in [0.717, 1.165) is 28.0 Å². The molecular weight excluding hydrogens is 388 g/mol. The zero-order valence-electron chi connectivity index (χ0n) is 18.5. The quantitative estimate of drug-likeness (QED) is 0.371. The molecule has 0 amide bonds. The number of phenolic OH excluding ortho intramolecular Hbond substituents is 1. The van der Waals surface area contributed by atoms with Crippen molar-refractivity contribution in [1.29, 1.82) is 0 Å². The maximum absolute atomic E-state index is 13.7. The van der Waals surface area contributed by atoms with Gasteiger partial charge in [0.1, 0.15) is 22.8 Å². The van der Waals surface area contributed by atoms with E-state index >= 15 is 0 Å². The van der Waals surface area contributed by atoms with Crippen molar-refractivity contribution in [3.8, 4) is 22.8 Å². The van der Waals surface area contributed by atoms with Crippen molar-refractivity contribution in [2.75, 3.05) is 6.61 Å². The summed E-state index contributed by atoms with van der Waals surface area (Å²) < 4.78 is 11.9. The third-order valence-corrected chi connectivity index (χ3v) is 5.84. The summed E-state index contributed by atoms with van der Waals surface area (Å²) in [5, 5.41) is 10.6. The summed E-state index contributed by atoms with van der Waals surface area (Å²) in [6.45, 7) is 10.6. The molecule has 4 rings (SSSR count). The Morgan fingerprint density at radius 2 is 1.65 bits per heavy atom. The minimum absolute atomic E-state index is 0.0905. The molecule has 4 nitrogen and oxygen atoms in total. The summed E-state index contributed by atoms with van der Waals surface area (Å²) >= 11 is 0. The minimum Gasteiger partial charge on any atom is -0.508 e. The van der Waals surface area contributed by atoms with E-state index in [4.69, 9.17) is 9.15 Å². The second-order valence-corrected chi connectivity index (χ2v) is 7.96. The third-order valence-electron chi connectivity index (χ3n) is 5.84. The van der Waals surface area contributed by atoms with Gasteiger partial charge in [0.25, 0.3) is 0 Å². The van der Waals surface area contributed by atoms with Gasteiger partial charge in [0.2, 0.25) is 0 Å². The largest absolute Gasteiger partial charge is 0.508 e. The standard InChI is InChI=1S/C27H26O4/c1-6-30-23-13-19(8-7-15(23)2)27-25(22-10-9-21(28)14-24(22)31-27)26(29)20-11-16(3)18(5)17(4)12-20/h7-14,28H,6H2,1-5H3. The number of carbonyl (C=O) groups is 1. The van der Waals surface area contributed by atoms with Crippen LogP contribution in [0.15, 0.2) is 52.9 Å². The first-order valence-electron chi connectivity index (χ1n) is 10.4. The number of hydrogen-bond donors (Lipinski definition) is 1. The maximum atomic E-state index is 13.7. The number of phenols is 1. The highest BCUT2D eigenvalue weighted by atomic mass is 16.5. The van der Waals surface area contributed by atoms with Gasteiger partial charge in [-0.05, 0) is 87.2 Å². The van der Waals surface area contributed by atoms with E-state index in [1.165, 1.54) is 5.56 Å². The number of ketones is 1. The van der Waals surface area contributed by atoms with E-state index < -0.39 is 0 Å². The number of benzene rings is 3. The van der Waals surface area contributed by atoms with Gasteiger partial charge in [-0.2, -0.15) is 0 Å². The summed E-state index contributed by atoms with van der Waals surface area (Å²) in [6.07, 6.45) is 0. The van der Waals surface area contributed by atoms with Gasteiger partial charge >= 0.3 is 0 Å². The van der Waals surface area contributed by atoms with Crippen LogP contribution < -0.4 is 4.74 Å². The van der Waals surface area contributed by atoms with Crippen LogP contribution in [-0.4, -0.2) is 17.5 Å². The predicted molar refractivity (Wildman–Crippen MR) is 123 cm³/mol. The van der Waals surface area contributed by atoms with E-state index in [9.17, 15) is 9.90 Å². The smallest absolute Gasteiger partial charge is 0.197 e. The van der Waals surface area contributed by atoms with E-state index in [2.05, 4.69) is 6.92 Å². The van der Waals surface area contributed by atoms with Crippen molar-refractivity contribution in [2.45, 2.75) is 34.6 Å². The molecule has 0 saturated heterocycles.